The summed E-state index contributed by atoms with van der Waals surface area (Å²) in [6, 6.07) is 13.0. The van der Waals surface area contributed by atoms with Gasteiger partial charge in [-0.05, 0) is 42.3 Å². The first kappa shape index (κ1) is 14.4. The van der Waals surface area contributed by atoms with Crippen LogP contribution in [-0.4, -0.2) is 13.0 Å². The van der Waals surface area contributed by atoms with E-state index in [1.807, 2.05) is 24.3 Å². The van der Waals surface area contributed by atoms with Crippen LogP contribution in [0.2, 0.25) is 5.02 Å². The molecule has 0 unspecified atom stereocenters. The summed E-state index contributed by atoms with van der Waals surface area (Å²) in [5.41, 5.74) is 3.25. The lowest BCUT2D eigenvalue weighted by Gasteiger charge is -2.11. The van der Waals surface area contributed by atoms with E-state index < -0.39 is 0 Å². The van der Waals surface area contributed by atoms with Crippen molar-refractivity contribution in [3.8, 4) is 0 Å². The van der Waals surface area contributed by atoms with E-state index in [0.717, 1.165) is 17.8 Å². The van der Waals surface area contributed by atoms with Gasteiger partial charge in [-0.25, -0.2) is 0 Å². The van der Waals surface area contributed by atoms with Gasteiger partial charge in [0.2, 0.25) is 0 Å². The summed E-state index contributed by atoms with van der Waals surface area (Å²) in [5.74, 6) is -0.176. The molecule has 2 aromatic rings. The number of halogens is 1. The summed E-state index contributed by atoms with van der Waals surface area (Å²) >= 11 is 5.96. The van der Waals surface area contributed by atoms with Crippen molar-refractivity contribution in [2.45, 2.75) is 13.3 Å². The summed E-state index contributed by atoms with van der Waals surface area (Å²) in [6.45, 7) is 2.08. The van der Waals surface area contributed by atoms with E-state index in [0.29, 0.717) is 10.6 Å². The van der Waals surface area contributed by atoms with E-state index in [4.69, 9.17) is 11.6 Å². The number of amides is 1. The second-order valence-corrected chi connectivity index (χ2v) is 4.88. The van der Waals surface area contributed by atoms with Gasteiger partial charge in [-0.15, -0.1) is 0 Å². The lowest BCUT2D eigenvalue weighted by Crippen LogP contribution is -2.14. The number of rotatable bonds is 4. The molecule has 0 aromatic heterocycles. The maximum atomic E-state index is 12.3. The van der Waals surface area contributed by atoms with Gasteiger partial charge in [0.15, 0.2) is 0 Å². The number of carbonyl (C=O) groups is 1. The standard InChI is InChI=1S/C16H17ClN2O/c1-3-11-5-4-6-13(9-11)19-16(20)14-10-12(17)7-8-15(14)18-2/h4-10,18H,3H2,1-2H3,(H,19,20). The minimum absolute atomic E-state index is 0.176. The number of anilines is 2. The van der Waals surface area contributed by atoms with Crippen LogP contribution >= 0.6 is 11.6 Å². The fourth-order valence-electron chi connectivity index (χ4n) is 1.99. The van der Waals surface area contributed by atoms with Gasteiger partial charge in [0, 0.05) is 23.4 Å². The van der Waals surface area contributed by atoms with Crippen LogP contribution in [0.15, 0.2) is 42.5 Å². The van der Waals surface area contributed by atoms with Gasteiger partial charge in [0.25, 0.3) is 5.91 Å². The van der Waals surface area contributed by atoms with Gasteiger partial charge >= 0.3 is 0 Å². The van der Waals surface area contributed by atoms with Crippen LogP contribution in [0.25, 0.3) is 0 Å². The molecule has 0 atom stereocenters. The second-order valence-electron chi connectivity index (χ2n) is 4.45. The van der Waals surface area contributed by atoms with E-state index in [1.54, 1.807) is 25.2 Å². The first-order valence-electron chi connectivity index (χ1n) is 6.51. The van der Waals surface area contributed by atoms with Gasteiger partial charge in [-0.3, -0.25) is 4.79 Å². The molecule has 0 saturated carbocycles. The third-order valence-corrected chi connectivity index (χ3v) is 3.32. The van der Waals surface area contributed by atoms with Crippen LogP contribution < -0.4 is 10.6 Å². The number of benzene rings is 2. The highest BCUT2D eigenvalue weighted by molar-refractivity contribution is 6.31. The molecule has 0 spiro atoms. The van der Waals surface area contributed by atoms with Gasteiger partial charge in [-0.2, -0.15) is 0 Å². The molecule has 0 aliphatic heterocycles. The molecule has 1 amide bonds. The van der Waals surface area contributed by atoms with Crippen molar-refractivity contribution in [1.82, 2.24) is 0 Å². The highest BCUT2D eigenvalue weighted by Gasteiger charge is 2.11. The van der Waals surface area contributed by atoms with Crippen molar-refractivity contribution >= 4 is 28.9 Å². The smallest absolute Gasteiger partial charge is 0.257 e. The normalized spacial score (nSPS) is 10.2. The Balaban J connectivity index is 2.25. The van der Waals surface area contributed by atoms with Crippen molar-refractivity contribution in [2.75, 3.05) is 17.7 Å². The molecule has 4 heteroatoms. The largest absolute Gasteiger partial charge is 0.387 e. The molecular formula is C16H17ClN2O. The van der Waals surface area contributed by atoms with Crippen molar-refractivity contribution in [3.63, 3.8) is 0 Å². The first-order valence-corrected chi connectivity index (χ1v) is 6.89. The van der Waals surface area contributed by atoms with Crippen LogP contribution in [0.5, 0.6) is 0 Å². The average Bonchev–Trinajstić information content (AvgIpc) is 2.47. The van der Waals surface area contributed by atoms with Crippen molar-refractivity contribution in [3.05, 3.63) is 58.6 Å². The fraction of sp³-hybridized carbons (Fsp3) is 0.188. The molecule has 2 N–H and O–H groups in total. The van der Waals surface area contributed by atoms with Gasteiger partial charge in [-0.1, -0.05) is 30.7 Å². The number of carbonyl (C=O) groups excluding carboxylic acids is 1. The third-order valence-electron chi connectivity index (χ3n) is 3.09. The quantitative estimate of drug-likeness (QED) is 0.885. The molecule has 0 bridgehead atoms. The summed E-state index contributed by atoms with van der Waals surface area (Å²) in [7, 11) is 1.78. The van der Waals surface area contributed by atoms with E-state index in [1.165, 1.54) is 5.56 Å². The van der Waals surface area contributed by atoms with Crippen LogP contribution in [-0.2, 0) is 6.42 Å². The van der Waals surface area contributed by atoms with Crippen LogP contribution in [0.3, 0.4) is 0 Å². The van der Waals surface area contributed by atoms with Crippen molar-refractivity contribution in [2.24, 2.45) is 0 Å². The summed E-state index contributed by atoms with van der Waals surface area (Å²) in [6.07, 6.45) is 0.933. The maximum Gasteiger partial charge on any atom is 0.257 e. The molecule has 20 heavy (non-hydrogen) atoms. The summed E-state index contributed by atoms with van der Waals surface area (Å²) < 4.78 is 0. The Kier molecular flexibility index (Phi) is 4.64. The molecule has 0 radical (unpaired) electrons. The summed E-state index contributed by atoms with van der Waals surface area (Å²) in [5, 5.41) is 6.43. The lowest BCUT2D eigenvalue weighted by molar-refractivity contribution is 0.102. The van der Waals surface area contributed by atoms with E-state index in [2.05, 4.69) is 17.6 Å². The number of aryl methyl sites for hydroxylation is 1. The van der Waals surface area contributed by atoms with Gasteiger partial charge in [0.1, 0.15) is 0 Å². The molecule has 0 aliphatic carbocycles. The predicted molar refractivity (Wildman–Crippen MR) is 84.8 cm³/mol. The van der Waals surface area contributed by atoms with Crippen LogP contribution in [0.4, 0.5) is 11.4 Å². The summed E-state index contributed by atoms with van der Waals surface area (Å²) in [4.78, 5) is 12.3. The Labute approximate surface area is 124 Å². The lowest BCUT2D eigenvalue weighted by atomic mass is 10.1. The molecule has 0 fully saturated rings. The zero-order chi connectivity index (χ0) is 14.5. The predicted octanol–water partition coefficient (Wildman–Crippen LogP) is 4.20. The molecule has 2 aromatic carbocycles. The van der Waals surface area contributed by atoms with E-state index in [-0.39, 0.29) is 5.91 Å². The molecule has 0 saturated heterocycles. The second kappa shape index (κ2) is 6.44. The average molecular weight is 289 g/mol. The Morgan fingerprint density at radius 3 is 2.70 bits per heavy atom. The monoisotopic (exact) mass is 288 g/mol. The molecule has 104 valence electrons. The molecule has 0 aliphatic rings. The molecule has 3 nitrogen and oxygen atoms in total. The maximum absolute atomic E-state index is 12.3. The topological polar surface area (TPSA) is 41.1 Å². The number of nitrogens with one attached hydrogen (secondary N) is 2. The van der Waals surface area contributed by atoms with Gasteiger partial charge < -0.3 is 10.6 Å². The Hall–Kier alpha value is -2.00. The number of hydrogen-bond acceptors (Lipinski definition) is 2. The molecule has 2 rings (SSSR count). The Bertz CT molecular complexity index is 626. The SMILES string of the molecule is CCc1cccc(NC(=O)c2cc(Cl)ccc2NC)c1. The Morgan fingerprint density at radius 2 is 2.00 bits per heavy atom. The zero-order valence-electron chi connectivity index (χ0n) is 11.5. The van der Waals surface area contributed by atoms with E-state index in [9.17, 15) is 4.79 Å². The van der Waals surface area contributed by atoms with E-state index >= 15 is 0 Å². The van der Waals surface area contributed by atoms with Crippen LogP contribution in [0, 0.1) is 0 Å². The van der Waals surface area contributed by atoms with Crippen molar-refractivity contribution in [1.29, 1.82) is 0 Å². The molecule has 0 heterocycles. The minimum atomic E-state index is -0.176. The highest BCUT2D eigenvalue weighted by Crippen LogP contribution is 2.22. The number of hydrogen-bond donors (Lipinski definition) is 2. The first-order chi connectivity index (χ1) is 9.63. The Morgan fingerprint density at radius 1 is 1.20 bits per heavy atom. The van der Waals surface area contributed by atoms with Gasteiger partial charge in [0.05, 0.1) is 5.56 Å². The van der Waals surface area contributed by atoms with Crippen molar-refractivity contribution < 1.29 is 4.79 Å². The van der Waals surface area contributed by atoms with Crippen LogP contribution in [0.1, 0.15) is 22.8 Å². The zero-order valence-corrected chi connectivity index (χ0v) is 12.3. The highest BCUT2D eigenvalue weighted by atomic mass is 35.5. The molecular weight excluding hydrogens is 272 g/mol. The minimum Gasteiger partial charge on any atom is -0.387 e. The third kappa shape index (κ3) is 3.31. The fourth-order valence-corrected chi connectivity index (χ4v) is 2.16.